The number of carbonyl (C=O) groups excluding carboxylic acids is 2. The highest BCUT2D eigenvalue weighted by Gasteiger charge is 2.25. The molecule has 0 aliphatic heterocycles. The SMILES string of the molecule is CC(C)N(CC(=O)N(CCc1c[nH]c2ccccc12)Cc1ccc(Cl)c(Cl)c1)C(=O)c1cccc(F)c1. The van der Waals surface area contributed by atoms with Crippen molar-refractivity contribution in [2.45, 2.75) is 32.9 Å². The molecule has 1 heterocycles. The van der Waals surface area contributed by atoms with E-state index in [0.717, 1.165) is 22.0 Å². The predicted molar refractivity (Wildman–Crippen MR) is 146 cm³/mol. The Morgan fingerprint density at radius 1 is 0.973 bits per heavy atom. The molecule has 0 saturated carbocycles. The van der Waals surface area contributed by atoms with E-state index in [9.17, 15) is 14.0 Å². The molecular formula is C29H28Cl2FN3O2. The summed E-state index contributed by atoms with van der Waals surface area (Å²) in [6.07, 6.45) is 2.58. The fourth-order valence-electron chi connectivity index (χ4n) is 4.27. The maximum Gasteiger partial charge on any atom is 0.254 e. The fraction of sp³-hybridized carbons (Fsp3) is 0.241. The lowest BCUT2D eigenvalue weighted by atomic mass is 10.1. The van der Waals surface area contributed by atoms with Crippen LogP contribution in [0.15, 0.2) is 72.9 Å². The van der Waals surface area contributed by atoms with Crippen LogP contribution in [0.5, 0.6) is 0 Å². The van der Waals surface area contributed by atoms with Gasteiger partial charge in [0.2, 0.25) is 5.91 Å². The first-order chi connectivity index (χ1) is 17.7. The molecule has 0 spiro atoms. The number of nitrogens with one attached hydrogen (secondary N) is 1. The van der Waals surface area contributed by atoms with Crippen molar-refractivity contribution in [3.8, 4) is 0 Å². The Bertz CT molecular complexity index is 1420. The summed E-state index contributed by atoms with van der Waals surface area (Å²) in [4.78, 5) is 33.3. The number of nitrogens with zero attached hydrogens (tertiary/aromatic N) is 2. The number of halogens is 3. The van der Waals surface area contributed by atoms with Crippen LogP contribution in [0, 0.1) is 5.82 Å². The van der Waals surface area contributed by atoms with Crippen LogP contribution >= 0.6 is 23.2 Å². The first-order valence-corrected chi connectivity index (χ1v) is 12.8. The highest BCUT2D eigenvalue weighted by Crippen LogP contribution is 2.24. The van der Waals surface area contributed by atoms with Crippen molar-refractivity contribution in [3.63, 3.8) is 0 Å². The van der Waals surface area contributed by atoms with Crippen molar-refractivity contribution in [3.05, 3.63) is 105 Å². The quantitative estimate of drug-likeness (QED) is 0.256. The van der Waals surface area contributed by atoms with Gasteiger partial charge in [0.05, 0.1) is 10.0 Å². The number of amides is 2. The summed E-state index contributed by atoms with van der Waals surface area (Å²) in [6.45, 7) is 4.26. The van der Waals surface area contributed by atoms with Gasteiger partial charge < -0.3 is 14.8 Å². The van der Waals surface area contributed by atoms with E-state index in [1.807, 2.05) is 50.4 Å². The lowest BCUT2D eigenvalue weighted by molar-refractivity contribution is -0.132. The van der Waals surface area contributed by atoms with Crippen molar-refractivity contribution in [1.29, 1.82) is 0 Å². The number of rotatable bonds is 9. The zero-order chi connectivity index (χ0) is 26.5. The second kappa shape index (κ2) is 11.8. The largest absolute Gasteiger partial charge is 0.361 e. The van der Waals surface area contributed by atoms with E-state index >= 15 is 0 Å². The maximum absolute atomic E-state index is 13.8. The molecule has 3 aromatic carbocycles. The number of aromatic nitrogens is 1. The minimum absolute atomic E-state index is 0.137. The van der Waals surface area contributed by atoms with E-state index in [2.05, 4.69) is 4.98 Å². The van der Waals surface area contributed by atoms with E-state index in [4.69, 9.17) is 23.2 Å². The molecular weight excluding hydrogens is 512 g/mol. The van der Waals surface area contributed by atoms with Gasteiger partial charge in [0.25, 0.3) is 5.91 Å². The Hall–Kier alpha value is -3.35. The van der Waals surface area contributed by atoms with Crippen LogP contribution in [0.4, 0.5) is 4.39 Å². The molecule has 4 aromatic rings. The molecule has 0 fully saturated rings. The molecule has 37 heavy (non-hydrogen) atoms. The molecule has 0 bridgehead atoms. The Labute approximate surface area is 225 Å². The summed E-state index contributed by atoms with van der Waals surface area (Å²) in [6, 6.07) is 18.5. The summed E-state index contributed by atoms with van der Waals surface area (Å²) < 4.78 is 13.8. The first kappa shape index (κ1) is 26.7. The third-order valence-corrected chi connectivity index (χ3v) is 7.04. The summed E-state index contributed by atoms with van der Waals surface area (Å²) >= 11 is 12.3. The van der Waals surface area contributed by atoms with Crippen molar-refractivity contribution in [2.75, 3.05) is 13.1 Å². The molecule has 0 radical (unpaired) electrons. The van der Waals surface area contributed by atoms with Gasteiger partial charge in [-0.05, 0) is 67.8 Å². The van der Waals surface area contributed by atoms with Crippen molar-refractivity contribution in [2.24, 2.45) is 0 Å². The Kier molecular flexibility index (Phi) is 8.52. The Morgan fingerprint density at radius 2 is 1.76 bits per heavy atom. The highest BCUT2D eigenvalue weighted by atomic mass is 35.5. The van der Waals surface area contributed by atoms with Gasteiger partial charge in [-0.1, -0.05) is 53.5 Å². The number of hydrogen-bond donors (Lipinski definition) is 1. The molecule has 0 atom stereocenters. The second-order valence-corrected chi connectivity index (χ2v) is 10.0. The summed E-state index contributed by atoms with van der Waals surface area (Å²) in [7, 11) is 0. The van der Waals surface area contributed by atoms with Gasteiger partial charge in [-0.15, -0.1) is 0 Å². The highest BCUT2D eigenvalue weighted by molar-refractivity contribution is 6.42. The zero-order valence-corrected chi connectivity index (χ0v) is 22.2. The minimum Gasteiger partial charge on any atom is -0.361 e. The van der Waals surface area contributed by atoms with Crippen LogP contribution in [0.2, 0.25) is 10.0 Å². The molecule has 5 nitrogen and oxygen atoms in total. The third-order valence-electron chi connectivity index (χ3n) is 6.30. The van der Waals surface area contributed by atoms with Gasteiger partial charge in [0, 0.05) is 41.8 Å². The number of benzene rings is 3. The molecule has 0 unspecified atom stereocenters. The van der Waals surface area contributed by atoms with Gasteiger partial charge in [-0.3, -0.25) is 9.59 Å². The number of carbonyl (C=O) groups is 2. The van der Waals surface area contributed by atoms with Gasteiger partial charge in [0.1, 0.15) is 12.4 Å². The fourth-order valence-corrected chi connectivity index (χ4v) is 4.59. The zero-order valence-electron chi connectivity index (χ0n) is 20.7. The Balaban J connectivity index is 1.57. The summed E-state index contributed by atoms with van der Waals surface area (Å²) in [5.41, 5.74) is 3.16. The molecule has 0 aliphatic carbocycles. The third kappa shape index (κ3) is 6.51. The van der Waals surface area contributed by atoms with E-state index in [1.165, 1.54) is 23.1 Å². The van der Waals surface area contributed by atoms with Crippen molar-refractivity contribution >= 4 is 45.9 Å². The second-order valence-electron chi connectivity index (χ2n) is 9.21. The summed E-state index contributed by atoms with van der Waals surface area (Å²) in [5.74, 6) is -1.11. The number of fused-ring (bicyclic) bond motifs is 1. The van der Waals surface area contributed by atoms with E-state index in [1.54, 1.807) is 23.1 Å². The molecule has 192 valence electrons. The van der Waals surface area contributed by atoms with Crippen LogP contribution in [0.1, 0.15) is 35.3 Å². The average molecular weight is 540 g/mol. The minimum atomic E-state index is -0.499. The monoisotopic (exact) mass is 539 g/mol. The molecule has 1 N–H and O–H groups in total. The molecule has 0 aliphatic rings. The first-order valence-electron chi connectivity index (χ1n) is 12.1. The topological polar surface area (TPSA) is 56.4 Å². The number of para-hydroxylation sites is 1. The van der Waals surface area contributed by atoms with Crippen LogP contribution in [0.25, 0.3) is 10.9 Å². The Morgan fingerprint density at radius 3 is 2.49 bits per heavy atom. The van der Waals surface area contributed by atoms with Crippen LogP contribution in [-0.2, 0) is 17.8 Å². The van der Waals surface area contributed by atoms with Crippen LogP contribution in [-0.4, -0.2) is 45.7 Å². The number of aromatic amines is 1. The molecule has 1 aromatic heterocycles. The van der Waals surface area contributed by atoms with Gasteiger partial charge in [-0.25, -0.2) is 4.39 Å². The standard InChI is InChI=1S/C29H28Cl2FN3O2/c1-19(2)35(29(37)21-6-5-7-23(32)15-21)18-28(36)34(17-20-10-11-25(30)26(31)14-20)13-12-22-16-33-27-9-4-3-8-24(22)27/h3-11,14-16,19,33H,12-13,17-18H2,1-2H3. The lowest BCUT2D eigenvalue weighted by Gasteiger charge is -2.30. The normalized spacial score (nSPS) is 11.2. The maximum atomic E-state index is 13.8. The van der Waals surface area contributed by atoms with Crippen molar-refractivity contribution < 1.29 is 14.0 Å². The predicted octanol–water partition coefficient (Wildman–Crippen LogP) is 6.74. The number of H-pyrrole nitrogens is 1. The number of hydrogen-bond acceptors (Lipinski definition) is 2. The smallest absolute Gasteiger partial charge is 0.254 e. The van der Waals surface area contributed by atoms with E-state index in [0.29, 0.717) is 29.6 Å². The summed E-state index contributed by atoms with van der Waals surface area (Å²) in [5, 5.41) is 1.96. The van der Waals surface area contributed by atoms with E-state index in [-0.39, 0.29) is 24.1 Å². The molecule has 2 amide bonds. The molecule has 0 saturated heterocycles. The lowest BCUT2D eigenvalue weighted by Crippen LogP contribution is -2.46. The van der Waals surface area contributed by atoms with Crippen molar-refractivity contribution in [1.82, 2.24) is 14.8 Å². The van der Waals surface area contributed by atoms with Crippen LogP contribution < -0.4 is 0 Å². The van der Waals surface area contributed by atoms with Crippen LogP contribution in [0.3, 0.4) is 0 Å². The van der Waals surface area contributed by atoms with Gasteiger partial charge >= 0.3 is 0 Å². The van der Waals surface area contributed by atoms with Gasteiger partial charge in [0.15, 0.2) is 0 Å². The van der Waals surface area contributed by atoms with E-state index < -0.39 is 11.7 Å². The molecule has 4 rings (SSSR count). The van der Waals surface area contributed by atoms with Gasteiger partial charge in [-0.2, -0.15) is 0 Å². The molecule has 8 heteroatoms. The average Bonchev–Trinajstić information content (AvgIpc) is 3.29.